The summed E-state index contributed by atoms with van der Waals surface area (Å²) in [6, 6.07) is 16.5. The monoisotopic (exact) mass is 509 g/mol. The summed E-state index contributed by atoms with van der Waals surface area (Å²) in [6.45, 7) is 1.92. The predicted octanol–water partition coefficient (Wildman–Crippen LogP) is 4.67. The Kier molecular flexibility index (Phi) is 8.90. The lowest BCUT2D eigenvalue weighted by atomic mass is 10.1. The molecule has 0 bridgehead atoms. The van der Waals surface area contributed by atoms with Gasteiger partial charge in [0.2, 0.25) is 10.0 Å². The Morgan fingerprint density at radius 3 is 2.39 bits per heavy atom. The first-order chi connectivity index (χ1) is 17.5. The van der Waals surface area contributed by atoms with Crippen LogP contribution >= 0.6 is 0 Å². The molecule has 0 aliphatic heterocycles. The highest BCUT2D eigenvalue weighted by atomic mass is 32.2. The lowest BCUT2D eigenvalue weighted by Crippen LogP contribution is -2.24. The molecule has 0 unspecified atom stereocenters. The van der Waals surface area contributed by atoms with E-state index in [-0.39, 0.29) is 0 Å². The molecular formula is C27H35N5O3S. The fraction of sp³-hybridized carbons (Fsp3) is 0.407. The van der Waals surface area contributed by atoms with E-state index in [9.17, 15) is 8.42 Å². The van der Waals surface area contributed by atoms with Gasteiger partial charge in [-0.2, -0.15) is 0 Å². The molecular weight excluding hydrogens is 474 g/mol. The van der Waals surface area contributed by atoms with E-state index in [1.165, 1.54) is 0 Å². The number of hydrogen-bond donors (Lipinski definition) is 2. The van der Waals surface area contributed by atoms with Crippen LogP contribution in [0.3, 0.4) is 0 Å². The number of nitrogens with one attached hydrogen (secondary N) is 1. The van der Waals surface area contributed by atoms with E-state index in [1.807, 2.05) is 24.3 Å². The lowest BCUT2D eigenvalue weighted by molar-refractivity contribution is 0.199. The van der Waals surface area contributed by atoms with Gasteiger partial charge in [0.15, 0.2) is 5.82 Å². The number of methoxy groups -OCH3 is 1. The van der Waals surface area contributed by atoms with Crippen molar-refractivity contribution in [2.45, 2.75) is 56.4 Å². The van der Waals surface area contributed by atoms with Gasteiger partial charge in [0, 0.05) is 32.0 Å². The van der Waals surface area contributed by atoms with Crippen LogP contribution in [0.2, 0.25) is 0 Å². The molecule has 9 heteroatoms. The Labute approximate surface area is 212 Å². The van der Waals surface area contributed by atoms with Crippen LogP contribution in [0.4, 0.5) is 5.82 Å². The van der Waals surface area contributed by atoms with Crippen LogP contribution in [0.1, 0.15) is 44.3 Å². The minimum absolute atomic E-state index is 0.312. The first-order valence-electron chi connectivity index (χ1n) is 12.6. The van der Waals surface area contributed by atoms with Crippen molar-refractivity contribution in [3.8, 4) is 0 Å². The van der Waals surface area contributed by atoms with E-state index >= 15 is 0 Å². The number of aromatic nitrogens is 3. The Hall–Kier alpha value is -3.01. The Bertz CT molecular complexity index is 1390. The second-order valence-electron chi connectivity index (χ2n) is 8.97. The van der Waals surface area contributed by atoms with Crippen molar-refractivity contribution < 1.29 is 13.2 Å². The normalized spacial score (nSPS) is 12.0. The largest absolute Gasteiger partial charge is 0.384 e. The number of aryl methyl sites for hydroxylation is 1. The molecule has 0 spiro atoms. The number of benzene rings is 2. The zero-order valence-electron chi connectivity index (χ0n) is 20.8. The number of nitrogen functional groups attached to an aromatic ring is 1. The SMILES string of the molecule is COCCc1nc2c(N)nc3ccccc3c2n1CCCCCCCCNS(=O)(=O)c1ccccc1. The number of ether oxygens (including phenoxy) is 1. The van der Waals surface area contributed by atoms with Crippen molar-refractivity contribution in [3.05, 3.63) is 60.4 Å². The molecule has 0 aliphatic rings. The number of nitrogens with zero attached hydrogens (tertiary/aromatic N) is 3. The maximum atomic E-state index is 12.3. The lowest BCUT2D eigenvalue weighted by Gasteiger charge is -2.11. The third-order valence-electron chi connectivity index (χ3n) is 6.37. The summed E-state index contributed by atoms with van der Waals surface area (Å²) in [5.74, 6) is 1.44. The third kappa shape index (κ3) is 6.21. The molecule has 0 fully saturated rings. The zero-order valence-corrected chi connectivity index (χ0v) is 21.6. The summed E-state index contributed by atoms with van der Waals surface area (Å²) in [5, 5.41) is 1.07. The molecule has 0 aliphatic carbocycles. The van der Waals surface area contributed by atoms with Crippen LogP contribution in [-0.4, -0.2) is 43.2 Å². The molecule has 0 radical (unpaired) electrons. The van der Waals surface area contributed by atoms with Gasteiger partial charge in [-0.05, 0) is 31.0 Å². The maximum absolute atomic E-state index is 12.3. The van der Waals surface area contributed by atoms with Crippen LogP contribution in [0.5, 0.6) is 0 Å². The highest BCUT2D eigenvalue weighted by Gasteiger charge is 2.17. The highest BCUT2D eigenvalue weighted by Crippen LogP contribution is 2.29. The third-order valence-corrected chi connectivity index (χ3v) is 7.85. The molecule has 2 aromatic heterocycles. The van der Waals surface area contributed by atoms with Gasteiger partial charge < -0.3 is 15.0 Å². The molecule has 0 saturated carbocycles. The zero-order chi connectivity index (χ0) is 25.4. The van der Waals surface area contributed by atoms with Gasteiger partial charge >= 0.3 is 0 Å². The maximum Gasteiger partial charge on any atom is 0.240 e. The van der Waals surface area contributed by atoms with Gasteiger partial charge in [-0.15, -0.1) is 0 Å². The minimum Gasteiger partial charge on any atom is -0.384 e. The number of imidazole rings is 1. The van der Waals surface area contributed by atoms with E-state index in [2.05, 4.69) is 20.3 Å². The van der Waals surface area contributed by atoms with Crippen LogP contribution in [0.25, 0.3) is 21.9 Å². The number of pyridine rings is 1. The van der Waals surface area contributed by atoms with Crippen molar-refractivity contribution in [1.82, 2.24) is 19.3 Å². The number of sulfonamides is 1. The number of nitrogens with two attached hydrogens (primary N) is 1. The molecule has 8 nitrogen and oxygen atoms in total. The Morgan fingerprint density at radius 1 is 0.917 bits per heavy atom. The number of rotatable bonds is 14. The predicted molar refractivity (Wildman–Crippen MR) is 144 cm³/mol. The van der Waals surface area contributed by atoms with Gasteiger partial charge in [0.25, 0.3) is 0 Å². The number of para-hydroxylation sites is 1. The fourth-order valence-electron chi connectivity index (χ4n) is 4.52. The van der Waals surface area contributed by atoms with Crippen molar-refractivity contribution in [2.24, 2.45) is 0 Å². The molecule has 3 N–H and O–H groups in total. The molecule has 2 aromatic carbocycles. The summed E-state index contributed by atoms with van der Waals surface area (Å²) in [4.78, 5) is 9.69. The van der Waals surface area contributed by atoms with Gasteiger partial charge in [-0.1, -0.05) is 62.1 Å². The number of hydrogen-bond acceptors (Lipinski definition) is 6. The molecule has 4 rings (SSSR count). The average molecular weight is 510 g/mol. The van der Waals surface area contributed by atoms with Crippen molar-refractivity contribution >= 4 is 37.8 Å². The molecule has 0 saturated heterocycles. The number of unbranched alkanes of at least 4 members (excludes halogenated alkanes) is 5. The first kappa shape index (κ1) is 26.1. The average Bonchev–Trinajstić information content (AvgIpc) is 3.26. The summed E-state index contributed by atoms with van der Waals surface area (Å²) in [6.07, 6.45) is 6.86. The van der Waals surface area contributed by atoms with Gasteiger partial charge in [0.05, 0.1) is 22.5 Å². The summed E-state index contributed by atoms with van der Waals surface area (Å²) in [5.41, 5.74) is 8.96. The van der Waals surface area contributed by atoms with Crippen LogP contribution in [0.15, 0.2) is 59.5 Å². The summed E-state index contributed by atoms with van der Waals surface area (Å²) < 4.78 is 34.8. The smallest absolute Gasteiger partial charge is 0.240 e. The summed E-state index contributed by atoms with van der Waals surface area (Å²) >= 11 is 0. The number of fused-ring (bicyclic) bond motifs is 3. The van der Waals surface area contributed by atoms with Crippen LogP contribution in [-0.2, 0) is 27.7 Å². The van der Waals surface area contributed by atoms with Crippen molar-refractivity contribution in [3.63, 3.8) is 0 Å². The summed E-state index contributed by atoms with van der Waals surface area (Å²) in [7, 11) is -1.72. The van der Waals surface area contributed by atoms with Gasteiger partial charge in [0.1, 0.15) is 11.3 Å². The molecule has 36 heavy (non-hydrogen) atoms. The second-order valence-corrected chi connectivity index (χ2v) is 10.7. The minimum atomic E-state index is -3.42. The van der Waals surface area contributed by atoms with E-state index in [0.717, 1.165) is 79.3 Å². The van der Waals surface area contributed by atoms with Crippen LogP contribution < -0.4 is 10.5 Å². The van der Waals surface area contributed by atoms with Gasteiger partial charge in [-0.25, -0.2) is 23.1 Å². The van der Waals surface area contributed by atoms with Crippen molar-refractivity contribution in [2.75, 3.05) is 26.0 Å². The van der Waals surface area contributed by atoms with E-state index in [0.29, 0.717) is 23.9 Å². The van der Waals surface area contributed by atoms with Gasteiger partial charge in [-0.3, -0.25) is 0 Å². The topological polar surface area (TPSA) is 112 Å². The number of anilines is 1. The van der Waals surface area contributed by atoms with E-state index < -0.39 is 10.0 Å². The highest BCUT2D eigenvalue weighted by molar-refractivity contribution is 7.89. The van der Waals surface area contributed by atoms with E-state index in [4.69, 9.17) is 15.5 Å². The van der Waals surface area contributed by atoms with Crippen molar-refractivity contribution in [1.29, 1.82) is 0 Å². The quantitative estimate of drug-likeness (QED) is 0.239. The van der Waals surface area contributed by atoms with Crippen LogP contribution in [0, 0.1) is 0 Å². The Balaban J connectivity index is 1.28. The molecule has 0 atom stereocenters. The standard InChI is InChI=1S/C27H35N5O3S/c1-35-20-17-24-31-25-26(22-15-9-10-16-23(22)30-27(25)28)32(24)19-12-5-3-2-4-11-18-29-36(33,34)21-13-7-6-8-14-21/h6-10,13-16,29H,2-5,11-12,17-20H2,1H3,(H2,28,30). The molecule has 192 valence electrons. The Morgan fingerprint density at radius 2 is 1.61 bits per heavy atom. The molecule has 2 heterocycles. The molecule has 4 aromatic rings. The first-order valence-corrected chi connectivity index (χ1v) is 14.1. The van der Waals surface area contributed by atoms with E-state index in [1.54, 1.807) is 31.4 Å². The molecule has 0 amide bonds. The second kappa shape index (κ2) is 12.3. The fourth-order valence-corrected chi connectivity index (χ4v) is 5.62.